The van der Waals surface area contributed by atoms with Gasteiger partial charge in [0, 0.05) is 25.1 Å². The monoisotopic (exact) mass is 256 g/mol. The van der Waals surface area contributed by atoms with Gasteiger partial charge >= 0.3 is 0 Å². The second-order valence-corrected chi connectivity index (χ2v) is 4.13. The second kappa shape index (κ2) is 5.95. The second-order valence-electron chi connectivity index (χ2n) is 4.13. The normalized spacial score (nSPS) is 10.0. The minimum atomic E-state index is -0.206. The Bertz CT molecular complexity index is 583. The number of aryl methyl sites for hydroxylation is 1. The van der Waals surface area contributed by atoms with E-state index >= 15 is 0 Å². The number of aromatic nitrogens is 2. The van der Waals surface area contributed by atoms with Crippen molar-refractivity contribution in [2.24, 2.45) is 0 Å². The molecule has 2 aromatic heterocycles. The van der Waals surface area contributed by atoms with Gasteiger partial charge in [-0.2, -0.15) is 0 Å². The van der Waals surface area contributed by atoms with Crippen molar-refractivity contribution < 1.29 is 4.79 Å². The molecule has 5 nitrogen and oxygen atoms in total. The highest BCUT2D eigenvalue weighted by Gasteiger charge is 2.08. The van der Waals surface area contributed by atoms with E-state index in [1.54, 1.807) is 31.6 Å². The lowest BCUT2D eigenvalue weighted by molar-refractivity contribution is 0.0945. The maximum Gasteiger partial charge on any atom is 0.270 e. The van der Waals surface area contributed by atoms with Gasteiger partial charge in [0.25, 0.3) is 5.91 Å². The van der Waals surface area contributed by atoms with Crippen LogP contribution in [0, 0.1) is 6.92 Å². The molecule has 0 fully saturated rings. The number of anilines is 1. The van der Waals surface area contributed by atoms with Crippen molar-refractivity contribution in [3.63, 3.8) is 0 Å². The lowest BCUT2D eigenvalue weighted by Gasteiger charge is -2.07. The zero-order chi connectivity index (χ0) is 13.7. The highest BCUT2D eigenvalue weighted by molar-refractivity contribution is 5.93. The number of pyridine rings is 2. The molecule has 0 spiro atoms. The number of amides is 1. The number of hydrogen-bond donors (Lipinski definition) is 2. The molecule has 0 atom stereocenters. The van der Waals surface area contributed by atoms with Crippen LogP contribution in [-0.4, -0.2) is 22.9 Å². The summed E-state index contributed by atoms with van der Waals surface area (Å²) in [6.07, 6.45) is 3.32. The van der Waals surface area contributed by atoms with E-state index in [0.717, 1.165) is 16.9 Å². The van der Waals surface area contributed by atoms with Crippen molar-refractivity contribution >= 4 is 11.6 Å². The predicted octanol–water partition coefficient (Wildman–Crippen LogP) is 1.76. The van der Waals surface area contributed by atoms with Crippen LogP contribution in [0.25, 0.3) is 0 Å². The Balaban J connectivity index is 2.03. The molecule has 0 bridgehead atoms. The van der Waals surface area contributed by atoms with E-state index in [1.807, 2.05) is 19.1 Å². The van der Waals surface area contributed by atoms with E-state index in [-0.39, 0.29) is 5.91 Å². The van der Waals surface area contributed by atoms with Crippen molar-refractivity contribution in [2.45, 2.75) is 13.5 Å². The molecule has 0 unspecified atom stereocenters. The molecule has 2 N–H and O–H groups in total. The lowest BCUT2D eigenvalue weighted by Crippen LogP contribution is -2.24. The predicted molar refractivity (Wildman–Crippen MR) is 73.9 cm³/mol. The highest BCUT2D eigenvalue weighted by Crippen LogP contribution is 2.07. The van der Waals surface area contributed by atoms with Gasteiger partial charge in [0.05, 0.1) is 12.2 Å². The molecular weight excluding hydrogens is 240 g/mol. The standard InChI is InChI=1S/C14H16N4O/c1-10-4-3-6-16-13(10)9-18-14(19)12-8-11(15-2)5-7-17-12/h3-8H,9H2,1-2H3,(H,15,17)(H,18,19). The zero-order valence-corrected chi connectivity index (χ0v) is 11.0. The maximum atomic E-state index is 12.0. The molecule has 0 radical (unpaired) electrons. The number of carbonyl (C=O) groups is 1. The molecule has 0 saturated carbocycles. The fourth-order valence-corrected chi connectivity index (χ4v) is 1.67. The van der Waals surface area contributed by atoms with Gasteiger partial charge in [0.2, 0.25) is 0 Å². The van der Waals surface area contributed by atoms with Crippen molar-refractivity contribution in [3.8, 4) is 0 Å². The average Bonchev–Trinajstić information content (AvgIpc) is 2.46. The van der Waals surface area contributed by atoms with Gasteiger partial charge in [0.1, 0.15) is 5.69 Å². The summed E-state index contributed by atoms with van der Waals surface area (Å²) in [5.41, 5.74) is 3.16. The van der Waals surface area contributed by atoms with Crippen molar-refractivity contribution in [3.05, 3.63) is 53.6 Å². The molecule has 0 aliphatic carbocycles. The minimum Gasteiger partial charge on any atom is -0.388 e. The van der Waals surface area contributed by atoms with E-state index in [2.05, 4.69) is 20.6 Å². The topological polar surface area (TPSA) is 66.9 Å². The summed E-state index contributed by atoms with van der Waals surface area (Å²) in [7, 11) is 1.80. The first kappa shape index (κ1) is 13.0. The molecule has 0 aliphatic heterocycles. The van der Waals surface area contributed by atoms with E-state index in [0.29, 0.717) is 12.2 Å². The first-order chi connectivity index (χ1) is 9.20. The molecule has 1 amide bonds. The Morgan fingerprint density at radius 2 is 2.11 bits per heavy atom. The van der Waals surface area contributed by atoms with Gasteiger partial charge in [-0.25, -0.2) is 0 Å². The van der Waals surface area contributed by atoms with Gasteiger partial charge < -0.3 is 10.6 Å². The summed E-state index contributed by atoms with van der Waals surface area (Å²) in [4.78, 5) is 20.2. The summed E-state index contributed by atoms with van der Waals surface area (Å²) in [5.74, 6) is -0.206. The van der Waals surface area contributed by atoms with Crippen LogP contribution >= 0.6 is 0 Å². The number of rotatable bonds is 4. The Hall–Kier alpha value is -2.43. The van der Waals surface area contributed by atoms with E-state index in [1.165, 1.54) is 0 Å². The van der Waals surface area contributed by atoms with Crippen molar-refractivity contribution in [1.29, 1.82) is 0 Å². The van der Waals surface area contributed by atoms with Gasteiger partial charge in [-0.15, -0.1) is 0 Å². The van der Waals surface area contributed by atoms with Gasteiger partial charge in [-0.3, -0.25) is 14.8 Å². The highest BCUT2D eigenvalue weighted by atomic mass is 16.1. The lowest BCUT2D eigenvalue weighted by atomic mass is 10.2. The first-order valence-corrected chi connectivity index (χ1v) is 6.03. The van der Waals surface area contributed by atoms with Crippen molar-refractivity contribution in [2.75, 3.05) is 12.4 Å². The summed E-state index contributed by atoms with van der Waals surface area (Å²) in [6.45, 7) is 2.37. The molecule has 0 aliphatic rings. The molecule has 2 rings (SSSR count). The quantitative estimate of drug-likeness (QED) is 0.874. The Morgan fingerprint density at radius 3 is 2.84 bits per heavy atom. The van der Waals surface area contributed by atoms with Crippen LogP contribution < -0.4 is 10.6 Å². The Kier molecular flexibility index (Phi) is 4.07. The van der Waals surface area contributed by atoms with Crippen LogP contribution in [-0.2, 0) is 6.54 Å². The molecule has 2 heterocycles. The van der Waals surface area contributed by atoms with Gasteiger partial charge in [0.15, 0.2) is 0 Å². The first-order valence-electron chi connectivity index (χ1n) is 6.03. The minimum absolute atomic E-state index is 0.206. The molecule has 0 saturated heterocycles. The molecule has 2 aromatic rings. The largest absolute Gasteiger partial charge is 0.388 e. The average molecular weight is 256 g/mol. The third kappa shape index (κ3) is 3.28. The molecule has 19 heavy (non-hydrogen) atoms. The third-order valence-electron chi connectivity index (χ3n) is 2.82. The summed E-state index contributed by atoms with van der Waals surface area (Å²) < 4.78 is 0. The smallest absolute Gasteiger partial charge is 0.270 e. The summed E-state index contributed by atoms with van der Waals surface area (Å²) in [5, 5.41) is 5.79. The van der Waals surface area contributed by atoms with E-state index in [4.69, 9.17) is 0 Å². The van der Waals surface area contributed by atoms with Crippen LogP contribution in [0.5, 0.6) is 0 Å². The molecule has 5 heteroatoms. The van der Waals surface area contributed by atoms with Gasteiger partial charge in [-0.05, 0) is 30.7 Å². The fourth-order valence-electron chi connectivity index (χ4n) is 1.67. The van der Waals surface area contributed by atoms with Crippen LogP contribution in [0.3, 0.4) is 0 Å². The van der Waals surface area contributed by atoms with E-state index < -0.39 is 0 Å². The number of hydrogen-bond acceptors (Lipinski definition) is 4. The van der Waals surface area contributed by atoms with Crippen molar-refractivity contribution in [1.82, 2.24) is 15.3 Å². The molecule has 98 valence electrons. The molecular formula is C14H16N4O. The van der Waals surface area contributed by atoms with Crippen LogP contribution in [0.1, 0.15) is 21.7 Å². The van der Waals surface area contributed by atoms with Crippen LogP contribution in [0.4, 0.5) is 5.69 Å². The fraction of sp³-hybridized carbons (Fsp3) is 0.214. The van der Waals surface area contributed by atoms with E-state index in [9.17, 15) is 4.79 Å². The zero-order valence-electron chi connectivity index (χ0n) is 11.0. The van der Waals surface area contributed by atoms with Crippen LogP contribution in [0.2, 0.25) is 0 Å². The summed E-state index contributed by atoms with van der Waals surface area (Å²) >= 11 is 0. The number of nitrogens with one attached hydrogen (secondary N) is 2. The van der Waals surface area contributed by atoms with Crippen LogP contribution in [0.15, 0.2) is 36.7 Å². The Morgan fingerprint density at radius 1 is 1.26 bits per heavy atom. The Labute approximate surface area is 112 Å². The summed E-state index contributed by atoms with van der Waals surface area (Å²) in [6, 6.07) is 7.35. The number of carbonyl (C=O) groups excluding carboxylic acids is 1. The maximum absolute atomic E-state index is 12.0. The molecule has 0 aromatic carbocycles. The number of nitrogens with zero attached hydrogens (tertiary/aromatic N) is 2. The van der Waals surface area contributed by atoms with Gasteiger partial charge in [-0.1, -0.05) is 6.07 Å². The third-order valence-corrected chi connectivity index (χ3v) is 2.82. The SMILES string of the molecule is CNc1ccnc(C(=O)NCc2ncccc2C)c1.